The summed E-state index contributed by atoms with van der Waals surface area (Å²) in [5, 5.41) is 18.4. The maximum atomic E-state index is 13.8. The lowest BCUT2D eigenvalue weighted by Gasteiger charge is -2.26. The molecule has 0 saturated carbocycles. The molecule has 0 aliphatic heterocycles. The highest BCUT2D eigenvalue weighted by atomic mass is 16.2. The van der Waals surface area contributed by atoms with E-state index in [4.69, 9.17) is 28.3 Å². The second-order valence-corrected chi connectivity index (χ2v) is 11.7. The lowest BCUT2D eigenvalue weighted by Crippen LogP contribution is -2.58. The van der Waals surface area contributed by atoms with Crippen LogP contribution in [0.5, 0.6) is 0 Å². The highest BCUT2D eigenvalue weighted by Crippen LogP contribution is 2.19. The van der Waals surface area contributed by atoms with Crippen LogP contribution in [0.1, 0.15) is 59.9 Å². The van der Waals surface area contributed by atoms with Crippen molar-refractivity contribution >= 4 is 29.6 Å². The van der Waals surface area contributed by atoms with E-state index in [1.54, 1.807) is 0 Å². The minimum absolute atomic E-state index is 0.143. The van der Waals surface area contributed by atoms with Crippen molar-refractivity contribution in [3.8, 4) is 0 Å². The van der Waals surface area contributed by atoms with Gasteiger partial charge in [0.2, 0.25) is 23.6 Å². The van der Waals surface area contributed by atoms with Crippen LogP contribution in [-0.4, -0.2) is 66.8 Å². The minimum Gasteiger partial charge on any atom is -0.370 e. The summed E-state index contributed by atoms with van der Waals surface area (Å²) < 4.78 is 0. The van der Waals surface area contributed by atoms with Crippen molar-refractivity contribution in [3.05, 3.63) is 70.3 Å². The molecule has 2 aromatic carbocycles. The van der Waals surface area contributed by atoms with Crippen molar-refractivity contribution in [3.63, 3.8) is 0 Å². The van der Waals surface area contributed by atoms with E-state index in [0.717, 1.165) is 27.8 Å². The molecular weight excluding hydrogens is 586 g/mol. The first kappa shape index (κ1) is 37.7. The zero-order chi connectivity index (χ0) is 34.2. The third-order valence-corrected chi connectivity index (χ3v) is 7.74. The van der Waals surface area contributed by atoms with Gasteiger partial charge in [-0.3, -0.25) is 24.6 Å². The fourth-order valence-corrected chi connectivity index (χ4v) is 5.31. The number of amides is 4. The zero-order valence-corrected chi connectivity index (χ0v) is 27.2. The van der Waals surface area contributed by atoms with E-state index in [-0.39, 0.29) is 25.2 Å². The maximum Gasteiger partial charge on any atom is 0.243 e. The Hall–Kier alpha value is -4.49. The molecule has 0 radical (unpaired) electrons. The van der Waals surface area contributed by atoms with Gasteiger partial charge in [-0.15, -0.1) is 0 Å². The zero-order valence-electron chi connectivity index (χ0n) is 27.2. The van der Waals surface area contributed by atoms with Crippen LogP contribution in [-0.2, 0) is 32.0 Å². The van der Waals surface area contributed by atoms with Gasteiger partial charge in [0.25, 0.3) is 0 Å². The normalized spacial score (nSPS) is 13.5. The Balaban J connectivity index is 2.33. The summed E-state index contributed by atoms with van der Waals surface area (Å²) in [6.45, 7) is 6.58. The molecule has 46 heavy (non-hydrogen) atoms. The number of hydrogen-bond donors (Lipinski definition) is 9. The molecule has 0 spiro atoms. The van der Waals surface area contributed by atoms with Crippen LogP contribution in [0.4, 0.5) is 0 Å². The standard InChI is InChI=1S/C33H51N9O4/c1-20-16-21(2)24(22(3)17-20)19-28(32(46)40-26(29(36)43)12-7-8-14-34)42-31(45)27(13-9-15-39-33(37)38)41-30(44)25(35)18-23-10-5-4-6-11-23/h4-6,10-11,16-17,25-28H,7-9,12-15,18-19,34-35H2,1-3H3,(H2,36,43)(H,40,46)(H,41,44)(H,42,45)(H4,37,38,39)/t25-,26-,27+,28-/m0/s1. The number of rotatable bonds is 19. The number of carbonyl (C=O) groups excluding carboxylic acids is 4. The first-order valence-corrected chi connectivity index (χ1v) is 15.7. The molecular formula is C33H51N9O4. The smallest absolute Gasteiger partial charge is 0.243 e. The van der Waals surface area contributed by atoms with Crippen LogP contribution >= 0.6 is 0 Å². The van der Waals surface area contributed by atoms with Crippen molar-refractivity contribution in [2.24, 2.45) is 22.9 Å². The molecule has 13 heteroatoms. The summed E-state index contributed by atoms with van der Waals surface area (Å²) in [5.74, 6) is -2.60. The van der Waals surface area contributed by atoms with Crippen molar-refractivity contribution in [2.75, 3.05) is 13.1 Å². The van der Waals surface area contributed by atoms with Gasteiger partial charge in [0.05, 0.1) is 6.04 Å². The van der Waals surface area contributed by atoms with Crippen LogP contribution in [0, 0.1) is 26.2 Å². The lowest BCUT2D eigenvalue weighted by atomic mass is 9.93. The maximum absolute atomic E-state index is 13.8. The number of carbonyl (C=O) groups is 4. The number of nitrogens with two attached hydrogens (primary N) is 4. The SMILES string of the molecule is Cc1cc(C)c(C[C@H](NC(=O)[C@@H](CCCNC(=N)N)NC(=O)[C@@H](N)Cc2ccccc2)C(=O)N[C@@H](CCCCN)C(N)=O)c(C)c1. The van der Waals surface area contributed by atoms with Gasteiger partial charge >= 0.3 is 0 Å². The molecule has 252 valence electrons. The number of benzene rings is 2. The van der Waals surface area contributed by atoms with Crippen molar-refractivity contribution < 1.29 is 19.2 Å². The second-order valence-electron chi connectivity index (χ2n) is 11.7. The molecule has 0 unspecified atom stereocenters. The first-order chi connectivity index (χ1) is 21.8. The molecule has 0 bridgehead atoms. The largest absolute Gasteiger partial charge is 0.370 e. The van der Waals surface area contributed by atoms with Gasteiger partial charge in [0.15, 0.2) is 5.96 Å². The molecule has 0 aliphatic carbocycles. The fraction of sp³-hybridized carbons (Fsp3) is 0.485. The van der Waals surface area contributed by atoms with Crippen LogP contribution in [0.2, 0.25) is 0 Å². The minimum atomic E-state index is -1.09. The number of unbranched alkanes of at least 4 members (excludes halogenated alkanes) is 1. The van der Waals surface area contributed by atoms with E-state index in [1.807, 2.05) is 63.2 Å². The average Bonchev–Trinajstić information content (AvgIpc) is 2.99. The van der Waals surface area contributed by atoms with Gasteiger partial charge in [0.1, 0.15) is 18.1 Å². The van der Waals surface area contributed by atoms with Crippen LogP contribution in [0.3, 0.4) is 0 Å². The van der Waals surface area contributed by atoms with Crippen molar-refractivity contribution in [2.45, 2.75) is 89.9 Å². The molecule has 2 aromatic rings. The third kappa shape index (κ3) is 12.9. The van der Waals surface area contributed by atoms with Gasteiger partial charge in [0, 0.05) is 13.0 Å². The Morgan fingerprint density at radius 3 is 1.91 bits per heavy atom. The van der Waals surface area contributed by atoms with E-state index < -0.39 is 47.8 Å². The molecule has 0 heterocycles. The van der Waals surface area contributed by atoms with E-state index in [0.29, 0.717) is 38.8 Å². The topological polar surface area (TPSA) is 244 Å². The first-order valence-electron chi connectivity index (χ1n) is 15.7. The van der Waals surface area contributed by atoms with Crippen molar-refractivity contribution in [1.82, 2.24) is 21.3 Å². The predicted octanol–water partition coefficient (Wildman–Crippen LogP) is 0.0563. The molecule has 4 amide bonds. The Labute approximate surface area is 271 Å². The number of primary amides is 1. The summed E-state index contributed by atoms with van der Waals surface area (Å²) in [5.41, 5.74) is 27.5. The molecule has 13 nitrogen and oxygen atoms in total. The van der Waals surface area contributed by atoms with Crippen LogP contribution in [0.25, 0.3) is 0 Å². The van der Waals surface area contributed by atoms with Gasteiger partial charge in [-0.05, 0) is 88.1 Å². The van der Waals surface area contributed by atoms with E-state index in [9.17, 15) is 19.2 Å². The molecule has 4 atom stereocenters. The predicted molar refractivity (Wildman–Crippen MR) is 180 cm³/mol. The van der Waals surface area contributed by atoms with Crippen LogP contribution < -0.4 is 44.2 Å². The number of hydrogen-bond acceptors (Lipinski definition) is 7. The number of guanidine groups is 1. The third-order valence-electron chi connectivity index (χ3n) is 7.74. The Kier molecular flexibility index (Phi) is 15.7. The fourth-order valence-electron chi connectivity index (χ4n) is 5.31. The molecule has 13 N–H and O–H groups in total. The molecule has 2 rings (SSSR count). The molecule has 0 saturated heterocycles. The number of aryl methyl sites for hydroxylation is 3. The Morgan fingerprint density at radius 2 is 1.33 bits per heavy atom. The summed E-state index contributed by atoms with van der Waals surface area (Å²) in [7, 11) is 0. The summed E-state index contributed by atoms with van der Waals surface area (Å²) in [4.78, 5) is 52.9. The highest BCUT2D eigenvalue weighted by molar-refractivity contribution is 5.94. The van der Waals surface area contributed by atoms with E-state index in [2.05, 4.69) is 21.3 Å². The van der Waals surface area contributed by atoms with E-state index in [1.165, 1.54) is 0 Å². The number of nitrogens with one attached hydrogen (secondary N) is 5. The van der Waals surface area contributed by atoms with Gasteiger partial charge in [-0.2, -0.15) is 0 Å². The average molecular weight is 638 g/mol. The molecule has 0 aliphatic rings. The second kappa shape index (κ2) is 19.1. The molecule has 0 fully saturated rings. The Bertz CT molecular complexity index is 1310. The monoisotopic (exact) mass is 637 g/mol. The van der Waals surface area contributed by atoms with Crippen LogP contribution in [0.15, 0.2) is 42.5 Å². The summed E-state index contributed by atoms with van der Waals surface area (Å²) in [6, 6.07) is 9.28. The lowest BCUT2D eigenvalue weighted by molar-refractivity contribution is -0.133. The van der Waals surface area contributed by atoms with Crippen molar-refractivity contribution in [1.29, 1.82) is 5.41 Å². The van der Waals surface area contributed by atoms with E-state index >= 15 is 0 Å². The Morgan fingerprint density at radius 1 is 0.761 bits per heavy atom. The van der Waals surface area contributed by atoms with Gasteiger partial charge in [-0.1, -0.05) is 48.0 Å². The summed E-state index contributed by atoms with van der Waals surface area (Å²) >= 11 is 0. The summed E-state index contributed by atoms with van der Waals surface area (Å²) in [6.07, 6.45) is 2.52. The van der Waals surface area contributed by atoms with Gasteiger partial charge in [-0.25, -0.2) is 0 Å². The quantitative estimate of drug-likeness (QED) is 0.0577. The molecule has 0 aromatic heterocycles. The van der Waals surface area contributed by atoms with Gasteiger partial charge < -0.3 is 44.2 Å². The highest BCUT2D eigenvalue weighted by Gasteiger charge is 2.30.